The van der Waals surface area contributed by atoms with Crippen molar-refractivity contribution in [3.05, 3.63) is 35.9 Å². The largest absolute Gasteiger partial charge is 0.343 e. The van der Waals surface area contributed by atoms with Gasteiger partial charge < -0.3 is 5.32 Å². The zero-order valence-electron chi connectivity index (χ0n) is 8.99. The molecule has 1 aromatic rings. The SMILES string of the molecule is CC[C@H](NC(=O)C(C)=O)c1ccccc1. The Balaban J connectivity index is 2.73. The lowest BCUT2D eigenvalue weighted by molar-refractivity contribution is -0.137. The number of nitrogens with one attached hydrogen (secondary N) is 1. The van der Waals surface area contributed by atoms with Gasteiger partial charge >= 0.3 is 0 Å². The highest BCUT2D eigenvalue weighted by molar-refractivity contribution is 6.35. The molecule has 0 aliphatic rings. The van der Waals surface area contributed by atoms with Crippen LogP contribution in [0.3, 0.4) is 0 Å². The van der Waals surface area contributed by atoms with Gasteiger partial charge in [0.15, 0.2) is 0 Å². The van der Waals surface area contributed by atoms with E-state index in [0.717, 1.165) is 12.0 Å². The van der Waals surface area contributed by atoms with Gasteiger partial charge in [0.2, 0.25) is 5.78 Å². The van der Waals surface area contributed by atoms with Crippen molar-refractivity contribution in [1.29, 1.82) is 0 Å². The van der Waals surface area contributed by atoms with Crippen LogP contribution in [0.5, 0.6) is 0 Å². The summed E-state index contributed by atoms with van der Waals surface area (Å²) in [7, 11) is 0. The third-order valence-electron chi connectivity index (χ3n) is 2.24. The average Bonchev–Trinajstić information content (AvgIpc) is 2.26. The summed E-state index contributed by atoms with van der Waals surface area (Å²) in [6.07, 6.45) is 0.767. The minimum Gasteiger partial charge on any atom is -0.343 e. The molecule has 1 atom stereocenters. The molecule has 15 heavy (non-hydrogen) atoms. The van der Waals surface area contributed by atoms with Gasteiger partial charge in [-0.25, -0.2) is 0 Å². The molecular weight excluding hydrogens is 190 g/mol. The summed E-state index contributed by atoms with van der Waals surface area (Å²) in [5.41, 5.74) is 1.02. The van der Waals surface area contributed by atoms with Gasteiger partial charge in [0, 0.05) is 6.92 Å². The lowest BCUT2D eigenvalue weighted by Gasteiger charge is -2.16. The first kappa shape index (κ1) is 11.4. The summed E-state index contributed by atoms with van der Waals surface area (Å²) in [6.45, 7) is 3.24. The normalized spacial score (nSPS) is 11.9. The second-order valence-corrected chi connectivity index (χ2v) is 3.40. The van der Waals surface area contributed by atoms with E-state index in [1.165, 1.54) is 6.92 Å². The molecule has 0 aliphatic heterocycles. The molecule has 0 heterocycles. The zero-order chi connectivity index (χ0) is 11.3. The molecule has 1 N–H and O–H groups in total. The number of Topliss-reactive ketones (excluding diaryl/α,β-unsaturated/α-hetero) is 1. The van der Waals surface area contributed by atoms with E-state index in [9.17, 15) is 9.59 Å². The standard InChI is InChI=1S/C12H15NO2/c1-3-11(13-12(15)9(2)14)10-7-5-4-6-8-10/h4-8,11H,3H2,1-2H3,(H,13,15)/t11-/m0/s1. The van der Waals surface area contributed by atoms with E-state index in [2.05, 4.69) is 5.32 Å². The number of hydrogen-bond acceptors (Lipinski definition) is 2. The molecule has 0 fully saturated rings. The van der Waals surface area contributed by atoms with Gasteiger partial charge in [0.1, 0.15) is 0 Å². The van der Waals surface area contributed by atoms with Crippen LogP contribution in [0.4, 0.5) is 0 Å². The third kappa shape index (κ3) is 3.20. The number of ketones is 1. The topological polar surface area (TPSA) is 46.2 Å². The fourth-order valence-corrected chi connectivity index (χ4v) is 1.37. The molecule has 80 valence electrons. The van der Waals surface area contributed by atoms with Crippen molar-refractivity contribution in [3.8, 4) is 0 Å². The van der Waals surface area contributed by atoms with E-state index < -0.39 is 11.7 Å². The van der Waals surface area contributed by atoms with Crippen molar-refractivity contribution < 1.29 is 9.59 Å². The maximum absolute atomic E-state index is 11.2. The second kappa shape index (κ2) is 5.29. The van der Waals surface area contributed by atoms with Crippen molar-refractivity contribution in [2.24, 2.45) is 0 Å². The number of hydrogen-bond donors (Lipinski definition) is 1. The van der Waals surface area contributed by atoms with E-state index in [1.807, 2.05) is 37.3 Å². The highest BCUT2D eigenvalue weighted by Gasteiger charge is 2.14. The molecule has 0 saturated carbocycles. The van der Waals surface area contributed by atoms with E-state index in [-0.39, 0.29) is 6.04 Å². The van der Waals surface area contributed by atoms with Crippen LogP contribution in [0.2, 0.25) is 0 Å². The van der Waals surface area contributed by atoms with Crippen LogP contribution in [-0.4, -0.2) is 11.7 Å². The van der Waals surface area contributed by atoms with Crippen LogP contribution in [-0.2, 0) is 9.59 Å². The highest BCUT2D eigenvalue weighted by Crippen LogP contribution is 2.15. The fraction of sp³-hybridized carbons (Fsp3) is 0.333. The van der Waals surface area contributed by atoms with Gasteiger partial charge in [-0.05, 0) is 12.0 Å². The minimum atomic E-state index is -0.522. The smallest absolute Gasteiger partial charge is 0.287 e. The molecular formula is C12H15NO2. The predicted octanol–water partition coefficient (Wildman–Crippen LogP) is 1.84. The number of rotatable bonds is 4. The van der Waals surface area contributed by atoms with Crippen LogP contribution >= 0.6 is 0 Å². The maximum atomic E-state index is 11.2. The van der Waals surface area contributed by atoms with Crippen molar-refractivity contribution in [1.82, 2.24) is 5.32 Å². The Morgan fingerprint density at radius 3 is 2.33 bits per heavy atom. The Kier molecular flexibility index (Phi) is 4.03. The summed E-state index contributed by atoms with van der Waals surface area (Å²) in [6, 6.07) is 9.55. The Morgan fingerprint density at radius 1 is 1.27 bits per heavy atom. The first-order valence-electron chi connectivity index (χ1n) is 5.01. The monoisotopic (exact) mass is 205 g/mol. The van der Waals surface area contributed by atoms with Crippen molar-refractivity contribution in [3.63, 3.8) is 0 Å². The highest BCUT2D eigenvalue weighted by atomic mass is 16.2. The van der Waals surface area contributed by atoms with E-state index in [4.69, 9.17) is 0 Å². The summed E-state index contributed by atoms with van der Waals surface area (Å²) in [5.74, 6) is -0.977. The first-order valence-corrected chi connectivity index (χ1v) is 5.01. The number of benzene rings is 1. The van der Waals surface area contributed by atoms with E-state index in [0.29, 0.717) is 0 Å². The summed E-state index contributed by atoms with van der Waals surface area (Å²) < 4.78 is 0. The van der Waals surface area contributed by atoms with Crippen LogP contribution < -0.4 is 5.32 Å². The van der Waals surface area contributed by atoms with Crippen molar-refractivity contribution in [2.75, 3.05) is 0 Å². The third-order valence-corrected chi connectivity index (χ3v) is 2.24. The van der Waals surface area contributed by atoms with Crippen LogP contribution in [0, 0.1) is 0 Å². The molecule has 3 heteroatoms. The molecule has 1 rings (SSSR count). The lowest BCUT2D eigenvalue weighted by Crippen LogP contribution is -2.32. The van der Waals surface area contributed by atoms with Crippen LogP contribution in [0.25, 0.3) is 0 Å². The van der Waals surface area contributed by atoms with Gasteiger partial charge in [0.25, 0.3) is 5.91 Å². The zero-order valence-corrected chi connectivity index (χ0v) is 8.99. The van der Waals surface area contributed by atoms with Gasteiger partial charge in [-0.15, -0.1) is 0 Å². The number of amides is 1. The second-order valence-electron chi connectivity index (χ2n) is 3.40. The Bertz CT molecular complexity index is 346. The molecule has 1 amide bonds. The van der Waals surface area contributed by atoms with Crippen molar-refractivity contribution >= 4 is 11.7 Å². The molecule has 0 spiro atoms. The van der Waals surface area contributed by atoms with Crippen LogP contribution in [0.15, 0.2) is 30.3 Å². The molecule has 0 bridgehead atoms. The van der Waals surface area contributed by atoms with Gasteiger partial charge in [-0.3, -0.25) is 9.59 Å². The predicted molar refractivity (Wildman–Crippen MR) is 58.3 cm³/mol. The molecule has 0 aromatic heterocycles. The summed E-state index contributed by atoms with van der Waals surface area (Å²) >= 11 is 0. The molecule has 1 aromatic carbocycles. The molecule has 0 unspecified atom stereocenters. The van der Waals surface area contributed by atoms with E-state index in [1.54, 1.807) is 0 Å². The number of carbonyl (C=O) groups is 2. The van der Waals surface area contributed by atoms with Gasteiger partial charge in [-0.1, -0.05) is 37.3 Å². The summed E-state index contributed by atoms with van der Waals surface area (Å²) in [5, 5.41) is 2.69. The lowest BCUT2D eigenvalue weighted by atomic mass is 10.0. The molecule has 0 aliphatic carbocycles. The maximum Gasteiger partial charge on any atom is 0.287 e. The quantitative estimate of drug-likeness (QED) is 0.762. The number of carbonyl (C=O) groups excluding carboxylic acids is 2. The molecule has 3 nitrogen and oxygen atoms in total. The van der Waals surface area contributed by atoms with E-state index >= 15 is 0 Å². The average molecular weight is 205 g/mol. The van der Waals surface area contributed by atoms with Crippen molar-refractivity contribution in [2.45, 2.75) is 26.3 Å². The van der Waals surface area contributed by atoms with Crippen LogP contribution in [0.1, 0.15) is 31.9 Å². The van der Waals surface area contributed by atoms with Gasteiger partial charge in [0.05, 0.1) is 6.04 Å². The fourth-order valence-electron chi connectivity index (χ4n) is 1.37. The Labute approximate surface area is 89.5 Å². The molecule has 0 radical (unpaired) electrons. The van der Waals surface area contributed by atoms with Gasteiger partial charge in [-0.2, -0.15) is 0 Å². The Hall–Kier alpha value is -1.64. The summed E-state index contributed by atoms with van der Waals surface area (Å²) in [4.78, 5) is 22.0. The molecule has 0 saturated heterocycles. The first-order chi connectivity index (χ1) is 7.15. The minimum absolute atomic E-state index is 0.0809. The Morgan fingerprint density at radius 2 is 1.87 bits per heavy atom.